The summed E-state index contributed by atoms with van der Waals surface area (Å²) in [5.41, 5.74) is 3.32. The molecule has 0 aliphatic rings. The number of rotatable bonds is 4. The van der Waals surface area contributed by atoms with E-state index in [1.807, 2.05) is 24.4 Å². The number of hydrogen-bond acceptors (Lipinski definition) is 5. The standard InChI is InChI=1S/C17H17N3OS2/c1-10-5-4-6-13-11(2)9-14(19-15(10)13)23-12(3)16(21)20-17-18-7-8-22-17/h4-9,12H,1-3H3,(H,18,20,21)/t12-/m0/s1. The minimum atomic E-state index is -0.243. The fourth-order valence-electron chi connectivity index (χ4n) is 2.32. The van der Waals surface area contributed by atoms with Gasteiger partial charge < -0.3 is 5.32 Å². The number of carbonyl (C=O) groups is 1. The third-order valence-electron chi connectivity index (χ3n) is 3.55. The number of carbonyl (C=O) groups excluding carboxylic acids is 1. The molecule has 6 heteroatoms. The molecule has 0 bridgehead atoms. The Balaban J connectivity index is 1.80. The average Bonchev–Trinajstić information content (AvgIpc) is 3.01. The summed E-state index contributed by atoms with van der Waals surface area (Å²) in [5.74, 6) is -0.0608. The number of thiazole rings is 1. The Bertz CT molecular complexity index is 846. The lowest BCUT2D eigenvalue weighted by Gasteiger charge is -2.12. The second-order valence-electron chi connectivity index (χ2n) is 5.34. The number of amides is 1. The minimum Gasteiger partial charge on any atom is -0.301 e. The molecule has 0 radical (unpaired) electrons. The van der Waals surface area contributed by atoms with E-state index in [1.165, 1.54) is 28.7 Å². The van der Waals surface area contributed by atoms with E-state index in [2.05, 4.69) is 36.3 Å². The monoisotopic (exact) mass is 343 g/mol. The number of fused-ring (bicyclic) bond motifs is 1. The van der Waals surface area contributed by atoms with Crippen LogP contribution in [0.5, 0.6) is 0 Å². The van der Waals surface area contributed by atoms with Crippen molar-refractivity contribution in [1.29, 1.82) is 0 Å². The molecule has 1 N–H and O–H groups in total. The topological polar surface area (TPSA) is 54.9 Å². The van der Waals surface area contributed by atoms with Gasteiger partial charge in [0.1, 0.15) is 0 Å². The third kappa shape index (κ3) is 3.54. The van der Waals surface area contributed by atoms with Crippen molar-refractivity contribution in [3.8, 4) is 0 Å². The molecule has 1 aromatic carbocycles. The number of nitrogens with zero attached hydrogens (tertiary/aromatic N) is 2. The molecule has 2 heterocycles. The highest BCUT2D eigenvalue weighted by molar-refractivity contribution is 8.00. The maximum Gasteiger partial charge on any atom is 0.239 e. The second-order valence-corrected chi connectivity index (χ2v) is 7.59. The van der Waals surface area contributed by atoms with Crippen LogP contribution in [-0.2, 0) is 4.79 Å². The SMILES string of the molecule is Cc1cc(S[C@@H](C)C(=O)Nc2nccs2)nc2c(C)cccc12. The maximum atomic E-state index is 12.2. The van der Waals surface area contributed by atoms with Gasteiger partial charge in [-0.2, -0.15) is 0 Å². The summed E-state index contributed by atoms with van der Waals surface area (Å²) < 4.78 is 0. The normalized spacial score (nSPS) is 12.3. The lowest BCUT2D eigenvalue weighted by atomic mass is 10.1. The zero-order valence-electron chi connectivity index (χ0n) is 13.2. The van der Waals surface area contributed by atoms with Gasteiger partial charge in [-0.15, -0.1) is 11.3 Å². The van der Waals surface area contributed by atoms with Gasteiger partial charge in [-0.25, -0.2) is 9.97 Å². The van der Waals surface area contributed by atoms with Gasteiger partial charge in [-0.3, -0.25) is 4.79 Å². The van der Waals surface area contributed by atoms with E-state index in [1.54, 1.807) is 6.20 Å². The fourth-order valence-corrected chi connectivity index (χ4v) is 3.77. The molecule has 0 fully saturated rings. The van der Waals surface area contributed by atoms with Crippen molar-refractivity contribution >= 4 is 45.0 Å². The van der Waals surface area contributed by atoms with Crippen molar-refractivity contribution in [2.24, 2.45) is 0 Å². The first-order valence-electron chi connectivity index (χ1n) is 7.28. The summed E-state index contributed by atoms with van der Waals surface area (Å²) in [7, 11) is 0. The van der Waals surface area contributed by atoms with Crippen LogP contribution in [0.3, 0.4) is 0 Å². The van der Waals surface area contributed by atoms with Crippen molar-refractivity contribution in [3.05, 3.63) is 47.0 Å². The van der Waals surface area contributed by atoms with Gasteiger partial charge in [0.25, 0.3) is 0 Å². The molecule has 0 spiro atoms. The van der Waals surface area contributed by atoms with Crippen molar-refractivity contribution < 1.29 is 4.79 Å². The molecule has 0 aliphatic carbocycles. The molecule has 0 aliphatic heterocycles. The van der Waals surface area contributed by atoms with E-state index >= 15 is 0 Å². The van der Waals surface area contributed by atoms with Crippen LogP contribution in [0.1, 0.15) is 18.1 Å². The first kappa shape index (κ1) is 16.0. The Labute approximate surface area is 143 Å². The highest BCUT2D eigenvalue weighted by Gasteiger charge is 2.17. The summed E-state index contributed by atoms with van der Waals surface area (Å²) in [4.78, 5) is 21.0. The lowest BCUT2D eigenvalue weighted by molar-refractivity contribution is -0.115. The lowest BCUT2D eigenvalue weighted by Crippen LogP contribution is -2.22. The van der Waals surface area contributed by atoms with Gasteiger partial charge in [0.05, 0.1) is 15.8 Å². The van der Waals surface area contributed by atoms with Crippen LogP contribution < -0.4 is 5.32 Å². The average molecular weight is 343 g/mol. The Morgan fingerprint density at radius 2 is 2.13 bits per heavy atom. The van der Waals surface area contributed by atoms with Crippen molar-refractivity contribution in [2.75, 3.05) is 5.32 Å². The smallest absolute Gasteiger partial charge is 0.239 e. The van der Waals surface area contributed by atoms with E-state index < -0.39 is 0 Å². The summed E-state index contributed by atoms with van der Waals surface area (Å²) in [5, 5.41) is 7.07. The molecule has 2 aromatic heterocycles. The van der Waals surface area contributed by atoms with E-state index in [9.17, 15) is 4.79 Å². The highest BCUT2D eigenvalue weighted by atomic mass is 32.2. The van der Waals surface area contributed by atoms with Crippen LogP contribution in [0.15, 0.2) is 40.9 Å². The van der Waals surface area contributed by atoms with Gasteiger partial charge in [-0.05, 0) is 38.0 Å². The third-order valence-corrected chi connectivity index (χ3v) is 5.26. The second kappa shape index (κ2) is 6.68. The Hall–Kier alpha value is -1.92. The molecule has 4 nitrogen and oxygen atoms in total. The first-order chi connectivity index (χ1) is 11.0. The predicted molar refractivity (Wildman–Crippen MR) is 97.3 cm³/mol. The van der Waals surface area contributed by atoms with Crippen LogP contribution >= 0.6 is 23.1 Å². The zero-order chi connectivity index (χ0) is 16.4. The van der Waals surface area contributed by atoms with Gasteiger partial charge in [0.15, 0.2) is 5.13 Å². The van der Waals surface area contributed by atoms with E-state index in [-0.39, 0.29) is 11.2 Å². The Kier molecular flexibility index (Phi) is 4.63. The number of pyridine rings is 1. The molecule has 0 saturated heterocycles. The number of nitrogens with one attached hydrogen (secondary N) is 1. The van der Waals surface area contributed by atoms with Gasteiger partial charge in [0.2, 0.25) is 5.91 Å². The number of benzene rings is 1. The quantitative estimate of drug-likeness (QED) is 0.712. The maximum absolute atomic E-state index is 12.2. The summed E-state index contributed by atoms with van der Waals surface area (Å²) in [6, 6.07) is 8.22. The number of hydrogen-bond donors (Lipinski definition) is 1. The molecular weight excluding hydrogens is 326 g/mol. The molecule has 1 amide bonds. The number of anilines is 1. The number of thioether (sulfide) groups is 1. The van der Waals surface area contributed by atoms with E-state index in [4.69, 9.17) is 4.98 Å². The molecule has 23 heavy (non-hydrogen) atoms. The summed E-state index contributed by atoms with van der Waals surface area (Å²) >= 11 is 2.88. The predicted octanol–water partition coefficient (Wildman–Crippen LogP) is 4.43. The molecule has 0 unspecified atom stereocenters. The zero-order valence-corrected chi connectivity index (χ0v) is 14.8. The number of aryl methyl sites for hydroxylation is 2. The van der Waals surface area contributed by atoms with Crippen LogP contribution in [0, 0.1) is 13.8 Å². The Morgan fingerprint density at radius 1 is 1.30 bits per heavy atom. The molecular formula is C17H17N3OS2. The Morgan fingerprint density at radius 3 is 2.87 bits per heavy atom. The minimum absolute atomic E-state index is 0.0608. The van der Waals surface area contributed by atoms with Gasteiger partial charge in [0, 0.05) is 17.0 Å². The van der Waals surface area contributed by atoms with Crippen molar-refractivity contribution in [3.63, 3.8) is 0 Å². The fraction of sp³-hybridized carbons (Fsp3) is 0.235. The van der Waals surface area contributed by atoms with Crippen LogP contribution in [0.4, 0.5) is 5.13 Å². The largest absolute Gasteiger partial charge is 0.301 e. The van der Waals surface area contributed by atoms with Crippen LogP contribution in [0.25, 0.3) is 10.9 Å². The molecule has 3 aromatic rings. The summed E-state index contributed by atoms with van der Waals surface area (Å²) in [6.07, 6.45) is 1.68. The van der Waals surface area contributed by atoms with E-state index in [0.717, 1.165) is 21.5 Å². The number of para-hydroxylation sites is 1. The first-order valence-corrected chi connectivity index (χ1v) is 9.04. The van der Waals surface area contributed by atoms with Crippen molar-refractivity contribution in [2.45, 2.75) is 31.0 Å². The molecule has 1 atom stereocenters. The van der Waals surface area contributed by atoms with Crippen LogP contribution in [0.2, 0.25) is 0 Å². The van der Waals surface area contributed by atoms with Crippen LogP contribution in [-0.4, -0.2) is 21.1 Å². The summed E-state index contributed by atoms with van der Waals surface area (Å²) in [6.45, 7) is 6.02. The van der Waals surface area contributed by atoms with Gasteiger partial charge >= 0.3 is 0 Å². The molecule has 0 saturated carbocycles. The van der Waals surface area contributed by atoms with Gasteiger partial charge in [-0.1, -0.05) is 30.0 Å². The highest BCUT2D eigenvalue weighted by Crippen LogP contribution is 2.28. The van der Waals surface area contributed by atoms with E-state index in [0.29, 0.717) is 5.13 Å². The molecule has 3 rings (SSSR count). The number of aromatic nitrogens is 2. The van der Waals surface area contributed by atoms with Crippen molar-refractivity contribution in [1.82, 2.24) is 9.97 Å². The molecule has 118 valence electrons.